The molecule has 0 heterocycles. The van der Waals surface area contributed by atoms with Gasteiger partial charge in [-0.1, -0.05) is 104 Å². The van der Waals surface area contributed by atoms with Gasteiger partial charge in [-0.05, 0) is 38.5 Å². The maximum absolute atomic E-state index is 12.2. The summed E-state index contributed by atoms with van der Waals surface area (Å²) in [7, 11) is 0. The second-order valence-electron chi connectivity index (χ2n) is 11.2. The van der Waals surface area contributed by atoms with Crippen molar-refractivity contribution in [2.45, 2.75) is 168 Å². The normalized spacial score (nSPS) is 15.6. The molecule has 0 saturated carbocycles. The number of hydrogen-bond acceptors (Lipinski definition) is 3. The van der Waals surface area contributed by atoms with Crippen LogP contribution in [0.1, 0.15) is 150 Å². The lowest BCUT2D eigenvalue weighted by atomic mass is 9.94. The minimum Gasteiger partial charge on any atom is -0.477 e. The highest BCUT2D eigenvalue weighted by molar-refractivity contribution is 5.78. The quantitative estimate of drug-likeness (QED) is 0.0536. The lowest BCUT2D eigenvalue weighted by Crippen LogP contribution is -2.72. The van der Waals surface area contributed by atoms with E-state index in [-0.39, 0.29) is 25.8 Å². The molecule has 0 spiro atoms. The van der Waals surface area contributed by atoms with E-state index in [4.69, 9.17) is 0 Å². The molecule has 0 aromatic heterocycles. The molecule has 0 bridgehead atoms. The van der Waals surface area contributed by atoms with Crippen molar-refractivity contribution in [3.63, 3.8) is 0 Å². The highest BCUT2D eigenvalue weighted by Gasteiger charge is 2.55. The third-order valence-corrected chi connectivity index (χ3v) is 8.31. The molecule has 0 aromatic carbocycles. The van der Waals surface area contributed by atoms with Crippen LogP contribution in [-0.4, -0.2) is 62.4 Å². The summed E-state index contributed by atoms with van der Waals surface area (Å²) in [5, 5.41) is 30.0. The first-order valence-electron chi connectivity index (χ1n) is 15.9. The van der Waals surface area contributed by atoms with Gasteiger partial charge in [-0.25, -0.2) is 14.4 Å². The summed E-state index contributed by atoms with van der Waals surface area (Å²) in [5.41, 5.74) is 0. The zero-order valence-electron chi connectivity index (χ0n) is 25.5. The van der Waals surface area contributed by atoms with Crippen molar-refractivity contribution in [1.82, 2.24) is 0 Å². The molecular weight excluding hydrogens is 494 g/mol. The molecule has 0 aromatic rings. The van der Waals surface area contributed by atoms with E-state index in [0.29, 0.717) is 6.42 Å². The largest absolute Gasteiger partial charge is 0.477 e. The number of nitrogens with zero attached hydrogens (tertiary/aromatic N) is 1. The number of unbranched alkanes of at least 4 members (excludes halogenated alkanes) is 14. The Labute approximate surface area is 238 Å². The van der Waals surface area contributed by atoms with Crippen LogP contribution in [-0.2, 0) is 14.4 Å². The zero-order chi connectivity index (χ0) is 29.5. The molecule has 0 aliphatic heterocycles. The molecule has 0 amide bonds. The van der Waals surface area contributed by atoms with Gasteiger partial charge < -0.3 is 15.3 Å². The van der Waals surface area contributed by atoms with Crippen LogP contribution >= 0.6 is 0 Å². The van der Waals surface area contributed by atoms with Crippen LogP contribution in [0.5, 0.6) is 0 Å². The fourth-order valence-electron chi connectivity index (χ4n) is 6.27. The van der Waals surface area contributed by atoms with Gasteiger partial charge in [0.05, 0.1) is 6.54 Å². The SMILES string of the molecule is CCCCCCCCCCC/C=C/CCCCCCC[N+](C(CC)C(=O)O)(C(CC)C(=O)O)C(CC)C(=O)O. The van der Waals surface area contributed by atoms with E-state index in [1.165, 1.54) is 57.8 Å². The van der Waals surface area contributed by atoms with E-state index >= 15 is 0 Å². The van der Waals surface area contributed by atoms with Crippen LogP contribution in [0.25, 0.3) is 0 Å². The molecule has 228 valence electrons. The fraction of sp³-hybridized carbons (Fsp3) is 0.844. The summed E-state index contributed by atoms with van der Waals surface area (Å²) < 4.78 is -0.412. The number of aliphatic carboxylic acids is 3. The van der Waals surface area contributed by atoms with Gasteiger partial charge in [-0.15, -0.1) is 0 Å². The predicted octanol–water partition coefficient (Wildman–Crippen LogP) is 8.21. The second kappa shape index (κ2) is 22.9. The molecule has 0 radical (unpaired) electrons. The van der Waals surface area contributed by atoms with Crippen molar-refractivity contribution >= 4 is 17.9 Å². The van der Waals surface area contributed by atoms with Gasteiger partial charge in [0.2, 0.25) is 0 Å². The van der Waals surface area contributed by atoms with Crippen molar-refractivity contribution in [3.8, 4) is 0 Å². The number of carbonyl (C=O) groups is 3. The average molecular weight is 555 g/mol. The summed E-state index contributed by atoms with van der Waals surface area (Å²) in [6.07, 6.45) is 24.1. The number of carboxylic acids is 3. The highest BCUT2D eigenvalue weighted by atomic mass is 16.4. The third kappa shape index (κ3) is 13.8. The van der Waals surface area contributed by atoms with E-state index in [1.54, 1.807) is 20.8 Å². The lowest BCUT2D eigenvalue weighted by Gasteiger charge is -2.49. The molecule has 7 nitrogen and oxygen atoms in total. The average Bonchev–Trinajstić information content (AvgIpc) is 2.88. The number of hydrogen-bond donors (Lipinski definition) is 3. The molecule has 0 aliphatic carbocycles. The molecule has 39 heavy (non-hydrogen) atoms. The van der Waals surface area contributed by atoms with Gasteiger partial charge in [0.1, 0.15) is 0 Å². The predicted molar refractivity (Wildman–Crippen MR) is 159 cm³/mol. The van der Waals surface area contributed by atoms with Crippen molar-refractivity contribution in [2.24, 2.45) is 0 Å². The minimum absolute atomic E-state index is 0.189. The van der Waals surface area contributed by atoms with Crippen LogP contribution in [0.3, 0.4) is 0 Å². The van der Waals surface area contributed by atoms with Gasteiger partial charge in [-0.3, -0.25) is 4.48 Å². The standard InChI is InChI=1S/C32H59NO6/c1-5-9-10-11-12-13-14-15-16-17-18-19-20-21-22-23-24-25-26-33(27(6-2)30(34)35,28(7-3)31(36)37)29(8-4)32(38)39/h18-19,27-29H,5-17,20-26H2,1-4H3,(H2-,34,35,36,37,38,39)/p+1/b19-18+. The first-order chi connectivity index (χ1) is 18.7. The Morgan fingerprint density at radius 2 is 0.821 bits per heavy atom. The van der Waals surface area contributed by atoms with Crippen molar-refractivity contribution in [2.75, 3.05) is 6.54 Å². The summed E-state index contributed by atoms with van der Waals surface area (Å²) in [6, 6.07) is -3.20. The molecule has 0 saturated heterocycles. The Hall–Kier alpha value is -1.89. The number of quaternary nitrogens is 1. The van der Waals surface area contributed by atoms with Crippen molar-refractivity contribution in [1.29, 1.82) is 0 Å². The van der Waals surface area contributed by atoms with Gasteiger partial charge in [0.15, 0.2) is 18.1 Å². The van der Waals surface area contributed by atoms with Crippen LogP contribution in [0.15, 0.2) is 12.2 Å². The van der Waals surface area contributed by atoms with Gasteiger partial charge in [-0.2, -0.15) is 0 Å². The van der Waals surface area contributed by atoms with E-state index in [0.717, 1.165) is 38.5 Å². The summed E-state index contributed by atoms with van der Waals surface area (Å²) in [6.45, 7) is 7.62. The second-order valence-corrected chi connectivity index (χ2v) is 11.2. The Kier molecular flexibility index (Phi) is 21.8. The first-order valence-corrected chi connectivity index (χ1v) is 15.9. The minimum atomic E-state index is -1.12. The molecular formula is C32H60NO6+. The first kappa shape index (κ1) is 37.1. The van der Waals surface area contributed by atoms with E-state index in [2.05, 4.69) is 19.1 Å². The molecule has 3 unspecified atom stereocenters. The third-order valence-electron chi connectivity index (χ3n) is 8.31. The van der Waals surface area contributed by atoms with Crippen molar-refractivity contribution < 1.29 is 34.2 Å². The van der Waals surface area contributed by atoms with Gasteiger partial charge in [0, 0.05) is 19.3 Å². The summed E-state index contributed by atoms with van der Waals surface area (Å²) in [5.74, 6) is -3.36. The lowest BCUT2D eigenvalue weighted by molar-refractivity contribution is -0.973. The summed E-state index contributed by atoms with van der Waals surface area (Å²) in [4.78, 5) is 36.7. The van der Waals surface area contributed by atoms with E-state index in [1.807, 2.05) is 0 Å². The Balaban J connectivity index is 4.63. The van der Waals surface area contributed by atoms with Gasteiger partial charge >= 0.3 is 17.9 Å². The van der Waals surface area contributed by atoms with Crippen LogP contribution in [0.2, 0.25) is 0 Å². The van der Waals surface area contributed by atoms with Crippen molar-refractivity contribution in [3.05, 3.63) is 12.2 Å². The highest BCUT2D eigenvalue weighted by Crippen LogP contribution is 2.32. The van der Waals surface area contributed by atoms with E-state index < -0.39 is 40.5 Å². The Morgan fingerprint density at radius 3 is 1.13 bits per heavy atom. The molecule has 0 aliphatic rings. The Bertz CT molecular complexity index is 637. The van der Waals surface area contributed by atoms with Crippen LogP contribution < -0.4 is 0 Å². The monoisotopic (exact) mass is 554 g/mol. The van der Waals surface area contributed by atoms with E-state index in [9.17, 15) is 29.7 Å². The maximum atomic E-state index is 12.2. The number of rotatable bonds is 27. The smallest absolute Gasteiger partial charge is 0.362 e. The number of carboxylic acid groups (broad SMARTS) is 3. The zero-order valence-corrected chi connectivity index (χ0v) is 25.5. The number of allylic oxidation sites excluding steroid dienone is 2. The summed E-state index contributed by atoms with van der Waals surface area (Å²) >= 11 is 0. The van der Waals surface area contributed by atoms with Gasteiger partial charge in [0.25, 0.3) is 0 Å². The molecule has 0 rings (SSSR count). The van der Waals surface area contributed by atoms with Crippen LogP contribution in [0.4, 0.5) is 0 Å². The maximum Gasteiger partial charge on any atom is 0.362 e. The molecule has 3 N–H and O–H groups in total. The Morgan fingerprint density at radius 1 is 0.513 bits per heavy atom. The molecule has 7 heteroatoms. The van der Waals surface area contributed by atoms with Crippen LogP contribution in [0, 0.1) is 0 Å². The topological polar surface area (TPSA) is 112 Å². The fourth-order valence-corrected chi connectivity index (χ4v) is 6.27. The molecule has 0 fully saturated rings. The molecule has 3 atom stereocenters.